The minimum atomic E-state index is -0.597. The summed E-state index contributed by atoms with van der Waals surface area (Å²) in [6, 6.07) is 13.3. The van der Waals surface area contributed by atoms with E-state index >= 15 is 0 Å². The van der Waals surface area contributed by atoms with Gasteiger partial charge in [0.05, 0.1) is 0 Å². The van der Waals surface area contributed by atoms with Gasteiger partial charge < -0.3 is 15.8 Å². The number of amides is 1. The van der Waals surface area contributed by atoms with Crippen LogP contribution in [0.15, 0.2) is 42.5 Å². The lowest BCUT2D eigenvalue weighted by Crippen LogP contribution is -2.30. The van der Waals surface area contributed by atoms with Gasteiger partial charge >= 0.3 is 0 Å². The van der Waals surface area contributed by atoms with Gasteiger partial charge in [0.1, 0.15) is 5.75 Å². The first kappa shape index (κ1) is 16.9. The molecular weight excluding hydrogens is 288 g/mol. The molecule has 0 aliphatic rings. The first-order chi connectivity index (χ1) is 10.9. The second kappa shape index (κ2) is 7.18. The summed E-state index contributed by atoms with van der Waals surface area (Å²) in [4.78, 5) is 12.3. The fourth-order valence-corrected chi connectivity index (χ4v) is 2.20. The number of ether oxygens (including phenoxy) is 1. The molecule has 0 heterocycles. The molecule has 0 spiro atoms. The normalized spacial score (nSPS) is 12.0. The van der Waals surface area contributed by atoms with Crippen LogP contribution in [0.3, 0.4) is 0 Å². The van der Waals surface area contributed by atoms with Crippen molar-refractivity contribution in [2.45, 2.75) is 39.7 Å². The van der Waals surface area contributed by atoms with Gasteiger partial charge in [-0.25, -0.2) is 0 Å². The van der Waals surface area contributed by atoms with Crippen LogP contribution in [-0.4, -0.2) is 12.0 Å². The number of carbonyl (C=O) groups is 1. The van der Waals surface area contributed by atoms with E-state index in [1.54, 1.807) is 19.1 Å². The molecule has 0 saturated carbocycles. The summed E-state index contributed by atoms with van der Waals surface area (Å²) in [5.41, 5.74) is 9.28. The fraction of sp³-hybridized carbons (Fsp3) is 0.316. The zero-order chi connectivity index (χ0) is 17.0. The molecule has 2 aromatic carbocycles. The van der Waals surface area contributed by atoms with E-state index in [-0.39, 0.29) is 5.91 Å². The molecule has 0 saturated heterocycles. The highest BCUT2D eigenvalue weighted by Crippen LogP contribution is 2.21. The monoisotopic (exact) mass is 312 g/mol. The molecule has 0 aromatic heterocycles. The molecule has 0 radical (unpaired) electrons. The first-order valence-corrected chi connectivity index (χ1v) is 7.80. The third-order valence-corrected chi connectivity index (χ3v) is 3.75. The van der Waals surface area contributed by atoms with Crippen LogP contribution in [0.4, 0.5) is 11.4 Å². The maximum atomic E-state index is 12.3. The van der Waals surface area contributed by atoms with Crippen LogP contribution in [0.2, 0.25) is 0 Å². The predicted octanol–water partition coefficient (Wildman–Crippen LogP) is 4.11. The van der Waals surface area contributed by atoms with Crippen molar-refractivity contribution in [3.05, 3.63) is 53.6 Å². The maximum absolute atomic E-state index is 12.3. The number of hydrogen-bond acceptors (Lipinski definition) is 3. The molecule has 0 bridgehead atoms. The number of nitrogen functional groups attached to an aromatic ring is 1. The fourth-order valence-electron chi connectivity index (χ4n) is 2.20. The van der Waals surface area contributed by atoms with Crippen molar-refractivity contribution in [1.29, 1.82) is 0 Å². The predicted molar refractivity (Wildman–Crippen MR) is 94.8 cm³/mol. The zero-order valence-electron chi connectivity index (χ0n) is 14.1. The lowest BCUT2D eigenvalue weighted by molar-refractivity contribution is -0.122. The summed E-state index contributed by atoms with van der Waals surface area (Å²) in [6.07, 6.45) is -0.597. The van der Waals surface area contributed by atoms with Gasteiger partial charge in [-0.05, 0) is 55.2 Å². The molecule has 2 aromatic rings. The smallest absolute Gasteiger partial charge is 0.265 e. The van der Waals surface area contributed by atoms with E-state index < -0.39 is 6.10 Å². The van der Waals surface area contributed by atoms with Gasteiger partial charge in [-0.1, -0.05) is 32.0 Å². The Morgan fingerprint density at radius 1 is 1.09 bits per heavy atom. The molecule has 3 N–H and O–H groups in total. The molecule has 1 amide bonds. The minimum absolute atomic E-state index is 0.202. The Morgan fingerprint density at radius 2 is 1.74 bits per heavy atom. The van der Waals surface area contributed by atoms with Crippen LogP contribution in [-0.2, 0) is 4.79 Å². The van der Waals surface area contributed by atoms with Crippen LogP contribution in [0, 0.1) is 6.92 Å². The van der Waals surface area contributed by atoms with E-state index in [0.717, 1.165) is 5.56 Å². The van der Waals surface area contributed by atoms with Gasteiger partial charge in [-0.3, -0.25) is 4.79 Å². The molecular formula is C19H24N2O2. The van der Waals surface area contributed by atoms with Crippen LogP contribution < -0.4 is 15.8 Å². The van der Waals surface area contributed by atoms with Crippen molar-refractivity contribution in [3.8, 4) is 5.75 Å². The number of carbonyl (C=O) groups excluding carboxylic acids is 1. The lowest BCUT2D eigenvalue weighted by atomic mass is 10.0. The van der Waals surface area contributed by atoms with Crippen LogP contribution >= 0.6 is 0 Å². The van der Waals surface area contributed by atoms with Crippen molar-refractivity contribution >= 4 is 17.3 Å². The molecule has 0 aliphatic carbocycles. The summed E-state index contributed by atoms with van der Waals surface area (Å²) >= 11 is 0. The van der Waals surface area contributed by atoms with Crippen molar-refractivity contribution in [2.75, 3.05) is 11.1 Å². The first-order valence-electron chi connectivity index (χ1n) is 7.80. The highest BCUT2D eigenvalue weighted by Gasteiger charge is 2.16. The number of rotatable bonds is 5. The van der Waals surface area contributed by atoms with E-state index in [2.05, 4.69) is 19.2 Å². The Morgan fingerprint density at radius 3 is 2.35 bits per heavy atom. The topological polar surface area (TPSA) is 64.3 Å². The molecule has 122 valence electrons. The number of hydrogen-bond donors (Lipinski definition) is 2. The van der Waals surface area contributed by atoms with Gasteiger partial charge in [0.2, 0.25) is 0 Å². The SMILES string of the molecule is Cc1ccc(N)cc1NC(=O)[C@H](C)Oc1ccc(C(C)C)cc1. The van der Waals surface area contributed by atoms with Gasteiger partial charge in [0.25, 0.3) is 5.91 Å². The summed E-state index contributed by atoms with van der Waals surface area (Å²) in [5.74, 6) is 0.948. The van der Waals surface area contributed by atoms with E-state index in [1.165, 1.54) is 5.56 Å². The molecule has 4 heteroatoms. The molecule has 4 nitrogen and oxygen atoms in total. The van der Waals surface area contributed by atoms with Crippen LogP contribution in [0.25, 0.3) is 0 Å². The van der Waals surface area contributed by atoms with Crippen molar-refractivity contribution in [1.82, 2.24) is 0 Å². The van der Waals surface area contributed by atoms with Gasteiger partial charge in [-0.15, -0.1) is 0 Å². The van der Waals surface area contributed by atoms with Crippen molar-refractivity contribution in [3.63, 3.8) is 0 Å². The summed E-state index contributed by atoms with van der Waals surface area (Å²) in [6.45, 7) is 7.93. The third kappa shape index (κ3) is 4.49. The quantitative estimate of drug-likeness (QED) is 0.817. The second-order valence-electron chi connectivity index (χ2n) is 6.05. The Hall–Kier alpha value is -2.49. The van der Waals surface area contributed by atoms with Crippen LogP contribution in [0.1, 0.15) is 37.8 Å². The minimum Gasteiger partial charge on any atom is -0.481 e. The van der Waals surface area contributed by atoms with Crippen LogP contribution in [0.5, 0.6) is 5.75 Å². The molecule has 0 aliphatic heterocycles. The Balaban J connectivity index is 2.01. The number of anilines is 2. The lowest BCUT2D eigenvalue weighted by Gasteiger charge is -2.16. The number of aryl methyl sites for hydroxylation is 1. The third-order valence-electron chi connectivity index (χ3n) is 3.75. The van der Waals surface area contributed by atoms with Gasteiger partial charge in [0.15, 0.2) is 6.10 Å². The maximum Gasteiger partial charge on any atom is 0.265 e. The summed E-state index contributed by atoms with van der Waals surface area (Å²) < 4.78 is 5.71. The van der Waals surface area contributed by atoms with E-state index in [9.17, 15) is 4.79 Å². The average molecular weight is 312 g/mol. The molecule has 23 heavy (non-hydrogen) atoms. The molecule has 2 rings (SSSR count). The Labute approximate surface area is 137 Å². The highest BCUT2D eigenvalue weighted by atomic mass is 16.5. The standard InChI is InChI=1S/C19H24N2O2/c1-12(2)15-6-9-17(10-7-15)23-14(4)19(22)21-18-11-16(20)8-5-13(18)3/h5-12,14H,20H2,1-4H3,(H,21,22)/t14-/m0/s1. The van der Waals surface area contributed by atoms with Gasteiger partial charge in [-0.2, -0.15) is 0 Å². The number of nitrogens with two attached hydrogens (primary N) is 1. The number of benzene rings is 2. The largest absolute Gasteiger partial charge is 0.481 e. The summed E-state index contributed by atoms with van der Waals surface area (Å²) in [7, 11) is 0. The van der Waals surface area contributed by atoms with E-state index in [0.29, 0.717) is 23.0 Å². The highest BCUT2D eigenvalue weighted by molar-refractivity contribution is 5.95. The van der Waals surface area contributed by atoms with Crippen molar-refractivity contribution in [2.24, 2.45) is 0 Å². The van der Waals surface area contributed by atoms with E-state index in [4.69, 9.17) is 10.5 Å². The zero-order valence-corrected chi connectivity index (χ0v) is 14.1. The number of nitrogens with one attached hydrogen (secondary N) is 1. The van der Waals surface area contributed by atoms with Crippen molar-refractivity contribution < 1.29 is 9.53 Å². The van der Waals surface area contributed by atoms with Gasteiger partial charge in [0, 0.05) is 11.4 Å². The Bertz CT molecular complexity index is 678. The Kier molecular flexibility index (Phi) is 5.27. The average Bonchev–Trinajstić information content (AvgIpc) is 2.51. The summed E-state index contributed by atoms with van der Waals surface area (Å²) in [5, 5.41) is 2.86. The molecule has 0 fully saturated rings. The second-order valence-corrected chi connectivity index (χ2v) is 6.05. The van der Waals surface area contributed by atoms with E-state index in [1.807, 2.05) is 37.3 Å². The molecule has 0 unspecified atom stereocenters. The molecule has 1 atom stereocenters.